The van der Waals surface area contributed by atoms with Gasteiger partial charge >= 0.3 is 0 Å². The number of likely N-dealkylation sites (tertiary alicyclic amines) is 1. The fourth-order valence-electron chi connectivity index (χ4n) is 2.85. The van der Waals surface area contributed by atoms with Gasteiger partial charge in [-0.05, 0) is 25.0 Å². The Kier molecular flexibility index (Phi) is 3.90. The van der Waals surface area contributed by atoms with Gasteiger partial charge in [0.05, 0.1) is 12.4 Å². The number of nitrogens with one attached hydrogen (secondary N) is 1. The number of hydrogen-bond donors (Lipinski definition) is 1. The Morgan fingerprint density at radius 3 is 2.58 bits per heavy atom. The van der Waals surface area contributed by atoms with E-state index in [2.05, 4.69) is 15.3 Å². The molecule has 0 saturated carbocycles. The number of aromatic nitrogens is 2. The standard InChI is InChI=1S/C17H18N4O3/c22-17(21-5-1-2-6-21)13-10-19-16(11-18-13)20-12-3-4-14-15(9-12)24-8-7-23-14/h3-4,9-11H,1-2,5-8H2,(H,19,20). The molecule has 1 fully saturated rings. The van der Waals surface area contributed by atoms with Crippen molar-refractivity contribution < 1.29 is 14.3 Å². The minimum atomic E-state index is -0.0501. The first-order valence-electron chi connectivity index (χ1n) is 8.07. The molecule has 4 rings (SSSR count). The molecule has 0 bridgehead atoms. The van der Waals surface area contributed by atoms with E-state index in [9.17, 15) is 4.79 Å². The summed E-state index contributed by atoms with van der Waals surface area (Å²) in [6.07, 6.45) is 5.20. The number of fused-ring (bicyclic) bond motifs is 1. The molecule has 0 unspecified atom stereocenters. The lowest BCUT2D eigenvalue weighted by Gasteiger charge is -2.19. The second-order valence-electron chi connectivity index (χ2n) is 5.77. The average Bonchev–Trinajstić information content (AvgIpc) is 3.16. The molecule has 0 radical (unpaired) electrons. The predicted octanol–water partition coefficient (Wildman–Crippen LogP) is 2.23. The van der Waals surface area contributed by atoms with Crippen LogP contribution in [0.1, 0.15) is 23.3 Å². The maximum Gasteiger partial charge on any atom is 0.274 e. The smallest absolute Gasteiger partial charge is 0.274 e. The number of rotatable bonds is 3. The third kappa shape index (κ3) is 2.97. The molecule has 1 aromatic carbocycles. The molecule has 0 aliphatic carbocycles. The second-order valence-corrected chi connectivity index (χ2v) is 5.77. The summed E-state index contributed by atoms with van der Waals surface area (Å²) in [4.78, 5) is 22.6. The monoisotopic (exact) mass is 326 g/mol. The van der Waals surface area contributed by atoms with Crippen molar-refractivity contribution in [3.05, 3.63) is 36.3 Å². The lowest BCUT2D eigenvalue weighted by atomic mass is 10.2. The Morgan fingerprint density at radius 1 is 1.04 bits per heavy atom. The first-order valence-corrected chi connectivity index (χ1v) is 8.07. The van der Waals surface area contributed by atoms with Gasteiger partial charge in [-0.3, -0.25) is 4.79 Å². The lowest BCUT2D eigenvalue weighted by Crippen LogP contribution is -2.28. The van der Waals surface area contributed by atoms with Crippen molar-refractivity contribution in [2.75, 3.05) is 31.6 Å². The fraction of sp³-hybridized carbons (Fsp3) is 0.353. The minimum Gasteiger partial charge on any atom is -0.486 e. The average molecular weight is 326 g/mol. The normalized spacial score (nSPS) is 16.1. The molecule has 2 aromatic rings. The van der Waals surface area contributed by atoms with Crippen LogP contribution in [0.2, 0.25) is 0 Å². The summed E-state index contributed by atoms with van der Waals surface area (Å²) in [6, 6.07) is 5.60. The number of benzene rings is 1. The quantitative estimate of drug-likeness (QED) is 0.932. The Hall–Kier alpha value is -2.83. The molecule has 0 spiro atoms. The van der Waals surface area contributed by atoms with E-state index in [1.54, 1.807) is 6.20 Å². The van der Waals surface area contributed by atoms with E-state index in [4.69, 9.17) is 9.47 Å². The maximum absolute atomic E-state index is 12.2. The van der Waals surface area contributed by atoms with Crippen LogP contribution >= 0.6 is 0 Å². The van der Waals surface area contributed by atoms with Gasteiger partial charge in [0.1, 0.15) is 24.7 Å². The van der Waals surface area contributed by atoms with Crippen molar-refractivity contribution in [2.24, 2.45) is 0 Å². The van der Waals surface area contributed by atoms with Crippen LogP contribution in [-0.4, -0.2) is 47.1 Å². The van der Waals surface area contributed by atoms with Crippen LogP contribution < -0.4 is 14.8 Å². The van der Waals surface area contributed by atoms with E-state index in [0.29, 0.717) is 30.5 Å². The SMILES string of the molecule is O=C(c1cnc(Nc2ccc3c(c2)OCCO3)cn1)N1CCCC1. The molecule has 2 aliphatic heterocycles. The second kappa shape index (κ2) is 6.35. The van der Waals surface area contributed by atoms with Crippen molar-refractivity contribution in [1.29, 1.82) is 0 Å². The number of hydrogen-bond acceptors (Lipinski definition) is 6. The van der Waals surface area contributed by atoms with Crippen LogP contribution in [0.15, 0.2) is 30.6 Å². The molecular weight excluding hydrogens is 308 g/mol. The molecule has 7 nitrogen and oxygen atoms in total. The Labute approximate surface area is 139 Å². The molecule has 1 saturated heterocycles. The third-order valence-corrected chi connectivity index (χ3v) is 4.08. The first kappa shape index (κ1) is 14.7. The molecule has 24 heavy (non-hydrogen) atoms. The van der Waals surface area contributed by atoms with Crippen molar-refractivity contribution in [2.45, 2.75) is 12.8 Å². The summed E-state index contributed by atoms with van der Waals surface area (Å²) >= 11 is 0. The highest BCUT2D eigenvalue weighted by atomic mass is 16.6. The number of carbonyl (C=O) groups is 1. The van der Waals surface area contributed by atoms with Gasteiger partial charge in [0, 0.05) is 24.8 Å². The molecule has 0 atom stereocenters. The summed E-state index contributed by atoms with van der Waals surface area (Å²) in [6.45, 7) is 2.72. The zero-order valence-corrected chi connectivity index (χ0v) is 13.2. The minimum absolute atomic E-state index is 0.0501. The van der Waals surface area contributed by atoms with Crippen molar-refractivity contribution >= 4 is 17.4 Å². The summed E-state index contributed by atoms with van der Waals surface area (Å²) in [5, 5.41) is 3.16. The molecule has 124 valence electrons. The van der Waals surface area contributed by atoms with Gasteiger partial charge in [-0.15, -0.1) is 0 Å². The van der Waals surface area contributed by atoms with E-state index >= 15 is 0 Å². The van der Waals surface area contributed by atoms with Gasteiger partial charge in [-0.25, -0.2) is 9.97 Å². The third-order valence-electron chi connectivity index (χ3n) is 4.08. The molecule has 1 aromatic heterocycles. The largest absolute Gasteiger partial charge is 0.486 e. The highest BCUT2D eigenvalue weighted by Gasteiger charge is 2.20. The van der Waals surface area contributed by atoms with Crippen molar-refractivity contribution in [3.8, 4) is 11.5 Å². The van der Waals surface area contributed by atoms with Gasteiger partial charge in [0.2, 0.25) is 0 Å². The predicted molar refractivity (Wildman–Crippen MR) is 87.9 cm³/mol. The van der Waals surface area contributed by atoms with Gasteiger partial charge in [-0.2, -0.15) is 0 Å². The number of amides is 1. The Bertz CT molecular complexity index is 742. The maximum atomic E-state index is 12.2. The summed E-state index contributed by atoms with van der Waals surface area (Å²) in [5.74, 6) is 1.97. The van der Waals surface area contributed by atoms with E-state index in [-0.39, 0.29) is 5.91 Å². The van der Waals surface area contributed by atoms with Gasteiger partial charge in [0.15, 0.2) is 11.5 Å². The molecule has 3 heterocycles. The van der Waals surface area contributed by atoms with Crippen LogP contribution in [-0.2, 0) is 0 Å². The van der Waals surface area contributed by atoms with E-state index in [1.165, 1.54) is 6.20 Å². The van der Waals surface area contributed by atoms with E-state index in [0.717, 1.165) is 37.4 Å². The Balaban J connectivity index is 1.46. The highest BCUT2D eigenvalue weighted by molar-refractivity contribution is 5.92. The van der Waals surface area contributed by atoms with Crippen LogP contribution in [0.4, 0.5) is 11.5 Å². The molecular formula is C17H18N4O3. The number of anilines is 2. The zero-order valence-electron chi connectivity index (χ0n) is 13.2. The molecule has 2 aliphatic rings. The number of carbonyl (C=O) groups excluding carboxylic acids is 1. The Morgan fingerprint density at radius 2 is 1.83 bits per heavy atom. The number of nitrogens with zero attached hydrogens (tertiary/aromatic N) is 3. The molecule has 1 N–H and O–H groups in total. The van der Waals surface area contributed by atoms with E-state index in [1.807, 2.05) is 23.1 Å². The van der Waals surface area contributed by atoms with Crippen molar-refractivity contribution in [3.63, 3.8) is 0 Å². The summed E-state index contributed by atoms with van der Waals surface area (Å²) in [7, 11) is 0. The summed E-state index contributed by atoms with van der Waals surface area (Å²) < 4.78 is 11.1. The van der Waals surface area contributed by atoms with E-state index < -0.39 is 0 Å². The highest BCUT2D eigenvalue weighted by Crippen LogP contribution is 2.33. The van der Waals surface area contributed by atoms with Gasteiger partial charge in [0.25, 0.3) is 5.91 Å². The van der Waals surface area contributed by atoms with Crippen LogP contribution in [0.3, 0.4) is 0 Å². The lowest BCUT2D eigenvalue weighted by molar-refractivity contribution is 0.0786. The topological polar surface area (TPSA) is 76.6 Å². The first-order chi connectivity index (χ1) is 11.8. The van der Waals surface area contributed by atoms with Crippen LogP contribution in [0.25, 0.3) is 0 Å². The van der Waals surface area contributed by atoms with Gasteiger partial charge < -0.3 is 19.7 Å². The van der Waals surface area contributed by atoms with Crippen molar-refractivity contribution in [1.82, 2.24) is 14.9 Å². The molecule has 1 amide bonds. The zero-order chi connectivity index (χ0) is 16.4. The van der Waals surface area contributed by atoms with Crippen LogP contribution in [0, 0.1) is 0 Å². The fourth-order valence-corrected chi connectivity index (χ4v) is 2.85. The van der Waals surface area contributed by atoms with Gasteiger partial charge in [-0.1, -0.05) is 0 Å². The molecule has 7 heteroatoms. The number of ether oxygens (including phenoxy) is 2. The summed E-state index contributed by atoms with van der Waals surface area (Å²) in [5.41, 5.74) is 1.21. The van der Waals surface area contributed by atoms with Crippen LogP contribution in [0.5, 0.6) is 11.5 Å².